The van der Waals surface area contributed by atoms with Gasteiger partial charge in [-0.1, -0.05) is 12.1 Å². The van der Waals surface area contributed by atoms with Crippen LogP contribution in [0.1, 0.15) is 11.5 Å². The van der Waals surface area contributed by atoms with E-state index in [-0.39, 0.29) is 6.04 Å². The predicted octanol–water partition coefficient (Wildman–Crippen LogP) is 0.709. The van der Waals surface area contributed by atoms with Crippen molar-refractivity contribution in [1.29, 1.82) is 0 Å². The van der Waals surface area contributed by atoms with Gasteiger partial charge in [-0.2, -0.15) is 0 Å². The topological polar surface area (TPSA) is 47.3 Å². The number of hydrogen-bond acceptors (Lipinski definition) is 3. The summed E-state index contributed by atoms with van der Waals surface area (Å²) < 4.78 is 5.11. The number of nitrogens with two attached hydrogens (primary N) is 1. The smallest absolute Gasteiger partial charge is 0.118 e. The molecular formula is C11H16N2O. The third-order valence-electron chi connectivity index (χ3n) is 2.81. The van der Waals surface area contributed by atoms with Gasteiger partial charge in [-0.3, -0.25) is 0 Å². The molecule has 1 aromatic rings. The Morgan fingerprint density at radius 2 is 2.00 bits per heavy atom. The SMILES string of the molecule is COc1ccc([C@H]2CNC[C@@H]2N)cc1. The Morgan fingerprint density at radius 1 is 1.29 bits per heavy atom. The number of nitrogens with one attached hydrogen (secondary N) is 1. The number of hydrogen-bond donors (Lipinski definition) is 2. The Bertz CT molecular complexity index is 297. The van der Waals surface area contributed by atoms with Crippen LogP contribution in [0.25, 0.3) is 0 Å². The molecule has 0 amide bonds. The second-order valence-electron chi connectivity index (χ2n) is 3.70. The van der Waals surface area contributed by atoms with E-state index in [1.165, 1.54) is 5.56 Å². The van der Waals surface area contributed by atoms with Crippen LogP contribution < -0.4 is 15.8 Å². The zero-order valence-electron chi connectivity index (χ0n) is 8.36. The van der Waals surface area contributed by atoms with Crippen LogP contribution in [0.2, 0.25) is 0 Å². The lowest BCUT2D eigenvalue weighted by Gasteiger charge is -2.14. The molecule has 0 radical (unpaired) electrons. The Kier molecular flexibility index (Phi) is 2.70. The van der Waals surface area contributed by atoms with Crippen molar-refractivity contribution >= 4 is 0 Å². The van der Waals surface area contributed by atoms with Gasteiger partial charge in [0.15, 0.2) is 0 Å². The average molecular weight is 192 g/mol. The van der Waals surface area contributed by atoms with Crippen molar-refractivity contribution in [3.05, 3.63) is 29.8 Å². The van der Waals surface area contributed by atoms with Crippen LogP contribution in [0.3, 0.4) is 0 Å². The molecule has 76 valence electrons. The third-order valence-corrected chi connectivity index (χ3v) is 2.81. The van der Waals surface area contributed by atoms with Crippen LogP contribution in [0.15, 0.2) is 24.3 Å². The molecule has 3 nitrogen and oxygen atoms in total. The Balaban J connectivity index is 2.16. The zero-order valence-corrected chi connectivity index (χ0v) is 8.36. The van der Waals surface area contributed by atoms with E-state index in [1.807, 2.05) is 12.1 Å². The van der Waals surface area contributed by atoms with Gasteiger partial charge >= 0.3 is 0 Å². The first-order valence-electron chi connectivity index (χ1n) is 4.91. The number of ether oxygens (including phenoxy) is 1. The molecule has 0 unspecified atom stereocenters. The molecule has 3 heteroatoms. The van der Waals surface area contributed by atoms with Gasteiger partial charge in [-0.25, -0.2) is 0 Å². The van der Waals surface area contributed by atoms with Crippen molar-refractivity contribution in [3.8, 4) is 5.75 Å². The average Bonchev–Trinajstić information content (AvgIpc) is 2.65. The molecule has 2 rings (SSSR count). The fourth-order valence-electron chi connectivity index (χ4n) is 1.92. The Morgan fingerprint density at radius 3 is 2.50 bits per heavy atom. The van der Waals surface area contributed by atoms with Crippen LogP contribution >= 0.6 is 0 Å². The fraction of sp³-hybridized carbons (Fsp3) is 0.455. The van der Waals surface area contributed by atoms with Crippen LogP contribution in [-0.4, -0.2) is 26.2 Å². The van der Waals surface area contributed by atoms with Crippen molar-refractivity contribution in [2.75, 3.05) is 20.2 Å². The van der Waals surface area contributed by atoms with Crippen LogP contribution in [0.5, 0.6) is 5.75 Å². The number of rotatable bonds is 2. The molecule has 14 heavy (non-hydrogen) atoms. The van der Waals surface area contributed by atoms with E-state index in [0.717, 1.165) is 18.8 Å². The standard InChI is InChI=1S/C11H16N2O/c1-14-9-4-2-8(3-5-9)10-6-13-7-11(10)12/h2-5,10-11,13H,6-7,12H2,1H3/t10-,11+/m1/s1. The summed E-state index contributed by atoms with van der Waals surface area (Å²) in [6, 6.07) is 8.40. The second-order valence-corrected chi connectivity index (χ2v) is 3.70. The first kappa shape index (κ1) is 9.49. The minimum absolute atomic E-state index is 0.239. The Hall–Kier alpha value is -1.06. The molecule has 0 bridgehead atoms. The molecule has 1 saturated heterocycles. The number of methoxy groups -OCH3 is 1. The van der Waals surface area contributed by atoms with Crippen LogP contribution in [-0.2, 0) is 0 Å². The van der Waals surface area contributed by atoms with E-state index in [0.29, 0.717) is 5.92 Å². The van der Waals surface area contributed by atoms with E-state index in [2.05, 4.69) is 17.4 Å². The van der Waals surface area contributed by atoms with Crippen molar-refractivity contribution in [2.45, 2.75) is 12.0 Å². The maximum absolute atomic E-state index is 5.99. The normalized spacial score (nSPS) is 26.4. The molecule has 1 fully saturated rings. The molecule has 1 aliphatic rings. The van der Waals surface area contributed by atoms with Gasteiger partial charge in [0.05, 0.1) is 7.11 Å². The van der Waals surface area contributed by atoms with Gasteiger partial charge in [-0.15, -0.1) is 0 Å². The highest BCUT2D eigenvalue weighted by Gasteiger charge is 2.24. The predicted molar refractivity (Wildman–Crippen MR) is 56.6 cm³/mol. The first-order valence-corrected chi connectivity index (χ1v) is 4.91. The maximum atomic E-state index is 5.99. The van der Waals surface area contributed by atoms with Gasteiger partial charge in [0.1, 0.15) is 5.75 Å². The minimum atomic E-state index is 0.239. The lowest BCUT2D eigenvalue weighted by molar-refractivity contribution is 0.414. The second kappa shape index (κ2) is 3.98. The van der Waals surface area contributed by atoms with Gasteiger partial charge in [-0.05, 0) is 17.7 Å². The molecule has 3 N–H and O–H groups in total. The molecule has 2 atom stereocenters. The van der Waals surface area contributed by atoms with E-state index in [4.69, 9.17) is 10.5 Å². The van der Waals surface area contributed by atoms with Crippen LogP contribution in [0, 0.1) is 0 Å². The summed E-state index contributed by atoms with van der Waals surface area (Å²) in [7, 11) is 1.68. The summed E-state index contributed by atoms with van der Waals surface area (Å²) in [6.45, 7) is 1.89. The quantitative estimate of drug-likeness (QED) is 0.725. The van der Waals surface area contributed by atoms with Gasteiger partial charge in [0.2, 0.25) is 0 Å². The fourth-order valence-corrected chi connectivity index (χ4v) is 1.92. The summed E-state index contributed by atoms with van der Waals surface area (Å²) in [4.78, 5) is 0. The summed E-state index contributed by atoms with van der Waals surface area (Å²) >= 11 is 0. The largest absolute Gasteiger partial charge is 0.497 e. The van der Waals surface area contributed by atoms with Crippen molar-refractivity contribution < 1.29 is 4.74 Å². The van der Waals surface area contributed by atoms with Gasteiger partial charge in [0.25, 0.3) is 0 Å². The van der Waals surface area contributed by atoms with Crippen molar-refractivity contribution in [2.24, 2.45) is 5.73 Å². The van der Waals surface area contributed by atoms with E-state index in [1.54, 1.807) is 7.11 Å². The molecule has 1 heterocycles. The van der Waals surface area contributed by atoms with Gasteiger partial charge < -0.3 is 15.8 Å². The van der Waals surface area contributed by atoms with Crippen molar-refractivity contribution in [3.63, 3.8) is 0 Å². The maximum Gasteiger partial charge on any atom is 0.118 e. The van der Waals surface area contributed by atoms with E-state index >= 15 is 0 Å². The monoisotopic (exact) mass is 192 g/mol. The lowest BCUT2D eigenvalue weighted by Crippen LogP contribution is -2.27. The first-order chi connectivity index (χ1) is 6.81. The molecule has 1 aromatic carbocycles. The van der Waals surface area contributed by atoms with Gasteiger partial charge in [0, 0.05) is 25.0 Å². The molecule has 0 spiro atoms. The highest BCUT2D eigenvalue weighted by molar-refractivity contribution is 5.31. The van der Waals surface area contributed by atoms with Crippen LogP contribution in [0.4, 0.5) is 0 Å². The molecule has 1 aliphatic heterocycles. The van der Waals surface area contributed by atoms with Crippen molar-refractivity contribution in [1.82, 2.24) is 5.32 Å². The molecule has 0 aromatic heterocycles. The highest BCUT2D eigenvalue weighted by Crippen LogP contribution is 2.23. The Labute approximate surface area is 84.3 Å². The lowest BCUT2D eigenvalue weighted by atomic mass is 9.95. The zero-order chi connectivity index (χ0) is 9.97. The van der Waals surface area contributed by atoms with E-state index < -0.39 is 0 Å². The number of benzene rings is 1. The summed E-state index contributed by atoms with van der Waals surface area (Å²) in [6.07, 6.45) is 0. The summed E-state index contributed by atoms with van der Waals surface area (Å²) in [5, 5.41) is 3.29. The summed E-state index contributed by atoms with van der Waals surface area (Å²) in [5.41, 5.74) is 7.28. The summed E-state index contributed by atoms with van der Waals surface area (Å²) in [5.74, 6) is 1.34. The third kappa shape index (κ3) is 1.74. The van der Waals surface area contributed by atoms with E-state index in [9.17, 15) is 0 Å². The molecule has 0 saturated carbocycles. The minimum Gasteiger partial charge on any atom is -0.497 e. The molecule has 0 aliphatic carbocycles. The highest BCUT2D eigenvalue weighted by atomic mass is 16.5. The molecular weight excluding hydrogens is 176 g/mol.